The molecule has 1 aromatic carbocycles. The molecule has 0 atom stereocenters. The quantitative estimate of drug-likeness (QED) is 0.404. The molecule has 0 bridgehead atoms. The number of likely N-dealkylation sites (N-methyl/N-ethyl adjacent to an activating group) is 2. The lowest BCUT2D eigenvalue weighted by Crippen LogP contribution is -2.29. The summed E-state index contributed by atoms with van der Waals surface area (Å²) in [6, 6.07) is 8.02. The maximum atomic E-state index is 6.48. The fourth-order valence-electron chi connectivity index (χ4n) is 4.59. The van der Waals surface area contributed by atoms with Gasteiger partial charge in [0, 0.05) is 50.1 Å². The van der Waals surface area contributed by atoms with Gasteiger partial charge in [-0.25, -0.2) is 4.98 Å². The van der Waals surface area contributed by atoms with Gasteiger partial charge in [0.05, 0.1) is 35.1 Å². The Bertz CT molecular complexity index is 1270. The number of benzene rings is 1. The minimum atomic E-state index is -0.0860. The van der Waals surface area contributed by atoms with E-state index in [9.17, 15) is 0 Å². The van der Waals surface area contributed by atoms with Crippen LogP contribution in [0.1, 0.15) is 37.7 Å². The number of nitrogens with one attached hydrogen (secondary N) is 1. The van der Waals surface area contributed by atoms with Crippen molar-refractivity contribution in [3.8, 4) is 5.75 Å². The fraction of sp³-hybridized carbons (Fsp3) is 0.464. The summed E-state index contributed by atoms with van der Waals surface area (Å²) in [5.74, 6) is 2.01. The molecule has 2 aromatic heterocycles. The molecule has 0 saturated carbocycles. The lowest BCUT2D eigenvalue weighted by molar-refractivity contribution is 0.342. The van der Waals surface area contributed by atoms with Crippen molar-refractivity contribution in [3.63, 3.8) is 0 Å². The number of hydrogen-bond acceptors (Lipinski definition) is 9. The Balaban J connectivity index is 1.64. The van der Waals surface area contributed by atoms with Crippen molar-refractivity contribution in [2.24, 2.45) is 0 Å². The maximum Gasteiger partial charge on any atom is 0.229 e. The lowest BCUT2D eigenvalue weighted by Gasteiger charge is -2.25. The minimum absolute atomic E-state index is 0.0860. The molecule has 37 heavy (non-hydrogen) atoms. The third kappa shape index (κ3) is 5.56. The largest absolute Gasteiger partial charge is 0.492 e. The average molecular weight is 505 g/mol. The third-order valence-corrected chi connectivity index (χ3v) is 6.82. The molecule has 0 unspecified atom stereocenters. The molecule has 0 amide bonds. The van der Waals surface area contributed by atoms with E-state index in [0.717, 1.165) is 53.9 Å². The lowest BCUT2D eigenvalue weighted by atomic mass is 9.91. The van der Waals surface area contributed by atoms with Gasteiger partial charge in [-0.1, -0.05) is 13.8 Å². The van der Waals surface area contributed by atoms with Crippen LogP contribution in [0.4, 0.5) is 34.5 Å². The highest BCUT2D eigenvalue weighted by atomic mass is 16.5. The van der Waals surface area contributed by atoms with Crippen LogP contribution in [0.5, 0.6) is 5.75 Å². The first-order valence-corrected chi connectivity index (χ1v) is 12.8. The van der Waals surface area contributed by atoms with E-state index in [4.69, 9.17) is 20.4 Å². The van der Waals surface area contributed by atoms with Crippen molar-refractivity contribution >= 4 is 34.5 Å². The Morgan fingerprint density at radius 3 is 2.57 bits per heavy atom. The van der Waals surface area contributed by atoms with Gasteiger partial charge in [-0.2, -0.15) is 4.98 Å². The van der Waals surface area contributed by atoms with E-state index in [-0.39, 0.29) is 5.41 Å². The van der Waals surface area contributed by atoms with Gasteiger partial charge in [0.2, 0.25) is 5.95 Å². The molecule has 0 saturated heterocycles. The van der Waals surface area contributed by atoms with E-state index in [1.807, 2.05) is 32.2 Å². The van der Waals surface area contributed by atoms with Crippen LogP contribution in [-0.2, 0) is 5.41 Å². The zero-order valence-electron chi connectivity index (χ0n) is 23.4. The summed E-state index contributed by atoms with van der Waals surface area (Å²) in [4.78, 5) is 20.8. The van der Waals surface area contributed by atoms with Crippen LogP contribution in [0.25, 0.3) is 0 Å². The molecule has 0 spiro atoms. The number of nitrogens with zero attached hydrogens (tertiary/aromatic N) is 6. The van der Waals surface area contributed by atoms with E-state index >= 15 is 0 Å². The second-order valence-corrected chi connectivity index (χ2v) is 10.7. The Morgan fingerprint density at radius 1 is 1.11 bits per heavy atom. The van der Waals surface area contributed by atoms with E-state index in [0.29, 0.717) is 24.0 Å². The molecule has 198 valence electrons. The molecule has 9 nitrogen and oxygen atoms in total. The number of nitrogen functional groups attached to an aromatic ring is 1. The van der Waals surface area contributed by atoms with Crippen molar-refractivity contribution < 1.29 is 4.74 Å². The molecule has 3 aromatic rings. The van der Waals surface area contributed by atoms with Gasteiger partial charge in [-0.3, -0.25) is 4.98 Å². The molecule has 0 fully saturated rings. The van der Waals surface area contributed by atoms with Gasteiger partial charge in [-0.05, 0) is 58.6 Å². The van der Waals surface area contributed by atoms with Crippen LogP contribution in [0, 0.1) is 13.8 Å². The maximum absolute atomic E-state index is 6.48. The van der Waals surface area contributed by atoms with Crippen molar-refractivity contribution in [2.75, 3.05) is 68.2 Å². The van der Waals surface area contributed by atoms with Gasteiger partial charge in [0.15, 0.2) is 0 Å². The smallest absolute Gasteiger partial charge is 0.229 e. The summed E-state index contributed by atoms with van der Waals surface area (Å²) in [5, 5.41) is 3.35. The number of pyridine rings is 1. The Kier molecular flexibility index (Phi) is 7.45. The molecular formula is C28H40N8O. The number of anilines is 6. The summed E-state index contributed by atoms with van der Waals surface area (Å²) in [5.41, 5.74) is 13.2. The van der Waals surface area contributed by atoms with Gasteiger partial charge in [0.25, 0.3) is 0 Å². The Morgan fingerprint density at radius 2 is 1.86 bits per heavy atom. The Labute approximate surface area is 220 Å². The number of aryl methyl sites for hydroxylation is 2. The average Bonchev–Trinajstić information content (AvgIpc) is 3.09. The number of aromatic nitrogens is 3. The monoisotopic (exact) mass is 504 g/mol. The van der Waals surface area contributed by atoms with E-state index in [1.54, 1.807) is 6.20 Å². The molecule has 1 aliphatic rings. The van der Waals surface area contributed by atoms with E-state index in [2.05, 4.69) is 72.9 Å². The van der Waals surface area contributed by atoms with Crippen LogP contribution < -0.4 is 25.6 Å². The van der Waals surface area contributed by atoms with Crippen molar-refractivity contribution in [3.05, 3.63) is 47.4 Å². The SMILES string of the molecule is CCOc1cc(N(C)CCN(C)C)c(N)cc1Nc1nccc(N2CC(C)(C)c3nc(C)c(C)cc32)n1. The highest BCUT2D eigenvalue weighted by Crippen LogP contribution is 2.43. The highest BCUT2D eigenvalue weighted by molar-refractivity contribution is 5.79. The zero-order valence-corrected chi connectivity index (χ0v) is 23.4. The van der Waals surface area contributed by atoms with E-state index in [1.165, 1.54) is 5.56 Å². The fourth-order valence-corrected chi connectivity index (χ4v) is 4.59. The number of nitrogens with two attached hydrogens (primary N) is 1. The van der Waals surface area contributed by atoms with E-state index < -0.39 is 0 Å². The van der Waals surface area contributed by atoms with Gasteiger partial charge in [0.1, 0.15) is 11.6 Å². The summed E-state index contributed by atoms with van der Waals surface area (Å²) in [6.07, 6.45) is 1.78. The molecule has 3 N–H and O–H groups in total. The zero-order chi connectivity index (χ0) is 26.9. The number of hydrogen-bond donors (Lipinski definition) is 2. The van der Waals surface area contributed by atoms with Gasteiger partial charge >= 0.3 is 0 Å². The third-order valence-electron chi connectivity index (χ3n) is 6.82. The summed E-state index contributed by atoms with van der Waals surface area (Å²) in [6.45, 7) is 13.7. The Hall–Kier alpha value is -3.59. The van der Waals surface area contributed by atoms with Crippen LogP contribution in [-0.4, -0.2) is 67.2 Å². The second kappa shape index (κ2) is 10.4. The first kappa shape index (κ1) is 26.5. The molecule has 4 rings (SSSR count). The van der Waals surface area contributed by atoms with Crippen LogP contribution in [0.3, 0.4) is 0 Å². The standard InChI is InChI=1S/C28H40N8O/c1-9-37-24-16-22(35(8)13-12-34(6)7)20(29)15-21(24)32-27-30-11-10-25(33-27)36-17-28(4,5)26-23(36)14-18(2)19(3)31-26/h10-11,14-16H,9,12-13,17,29H2,1-8H3,(H,30,32,33). The van der Waals surface area contributed by atoms with Crippen molar-refractivity contribution in [1.82, 2.24) is 19.9 Å². The van der Waals surface area contributed by atoms with Gasteiger partial charge < -0.3 is 30.5 Å². The molecule has 3 heterocycles. The summed E-state index contributed by atoms with van der Waals surface area (Å²) in [7, 11) is 6.16. The van der Waals surface area contributed by atoms with Crippen LogP contribution in [0.15, 0.2) is 30.5 Å². The van der Waals surface area contributed by atoms with Crippen molar-refractivity contribution in [2.45, 2.75) is 40.0 Å². The molecule has 9 heteroatoms. The number of fused-ring (bicyclic) bond motifs is 1. The topological polar surface area (TPSA) is 95.7 Å². The molecule has 0 radical (unpaired) electrons. The van der Waals surface area contributed by atoms with Gasteiger partial charge in [-0.15, -0.1) is 0 Å². The molecule has 0 aliphatic carbocycles. The molecule has 1 aliphatic heterocycles. The first-order valence-electron chi connectivity index (χ1n) is 12.8. The normalized spacial score (nSPS) is 14.1. The van der Waals surface area contributed by atoms with Crippen LogP contribution in [0.2, 0.25) is 0 Å². The van der Waals surface area contributed by atoms with Crippen molar-refractivity contribution in [1.29, 1.82) is 0 Å². The summed E-state index contributed by atoms with van der Waals surface area (Å²) < 4.78 is 5.98. The number of ether oxygens (including phenoxy) is 1. The highest BCUT2D eigenvalue weighted by Gasteiger charge is 2.38. The van der Waals surface area contributed by atoms with Crippen LogP contribution >= 0.6 is 0 Å². The first-order chi connectivity index (χ1) is 17.5. The summed E-state index contributed by atoms with van der Waals surface area (Å²) >= 11 is 0. The number of rotatable bonds is 9. The predicted octanol–water partition coefficient (Wildman–Crippen LogP) is 4.64. The second-order valence-electron chi connectivity index (χ2n) is 10.7. The minimum Gasteiger partial charge on any atom is -0.492 e. The molecular weight excluding hydrogens is 464 g/mol. The predicted molar refractivity (Wildman–Crippen MR) is 153 cm³/mol.